The van der Waals surface area contributed by atoms with Gasteiger partial charge in [-0.15, -0.1) is 0 Å². The number of hydrogen-bond donors (Lipinski definition) is 3. The highest BCUT2D eigenvalue weighted by atomic mass is 35.5. The summed E-state index contributed by atoms with van der Waals surface area (Å²) in [5.74, 6) is 1.47. The average molecular weight is 474 g/mol. The minimum absolute atomic E-state index is 0.0324. The first-order valence-electron chi connectivity index (χ1n) is 10.1. The topological polar surface area (TPSA) is 111 Å². The summed E-state index contributed by atoms with van der Waals surface area (Å²) in [6.07, 6.45) is 0. The monoisotopic (exact) mass is 473 g/mol. The third kappa shape index (κ3) is 6.81. The largest absolute Gasteiger partial charge is 0.493 e. The lowest BCUT2D eigenvalue weighted by atomic mass is 10.2. The SMILES string of the molecule is CCOc1c(Cl)cc(CNC(=O)NNC(=O)c2ccc(COc3ccccc3)o2)cc1OC. The zero-order valence-electron chi connectivity index (χ0n) is 18.1. The summed E-state index contributed by atoms with van der Waals surface area (Å²) in [5, 5.41) is 2.98. The summed E-state index contributed by atoms with van der Waals surface area (Å²) in [7, 11) is 1.50. The van der Waals surface area contributed by atoms with Crippen LogP contribution in [0, 0.1) is 0 Å². The van der Waals surface area contributed by atoms with Crippen LogP contribution in [0.3, 0.4) is 0 Å². The number of urea groups is 1. The molecule has 0 aliphatic rings. The van der Waals surface area contributed by atoms with E-state index in [1.807, 2.05) is 37.3 Å². The molecule has 0 unspecified atom stereocenters. The smallest absolute Gasteiger partial charge is 0.333 e. The number of carbonyl (C=O) groups is 2. The highest BCUT2D eigenvalue weighted by Crippen LogP contribution is 2.36. The molecule has 0 saturated heterocycles. The second kappa shape index (κ2) is 11.7. The lowest BCUT2D eigenvalue weighted by Gasteiger charge is -2.14. The Kier molecular flexibility index (Phi) is 8.43. The fourth-order valence-electron chi connectivity index (χ4n) is 2.81. The van der Waals surface area contributed by atoms with Gasteiger partial charge in [-0.1, -0.05) is 29.8 Å². The summed E-state index contributed by atoms with van der Waals surface area (Å²) in [4.78, 5) is 24.3. The Morgan fingerprint density at radius 3 is 2.55 bits per heavy atom. The Balaban J connectivity index is 1.46. The molecule has 1 aromatic heterocycles. The zero-order chi connectivity index (χ0) is 23.6. The first-order chi connectivity index (χ1) is 16.0. The molecular formula is C23H24ClN3O6. The van der Waals surface area contributed by atoms with Gasteiger partial charge in [0.25, 0.3) is 0 Å². The van der Waals surface area contributed by atoms with Crippen molar-refractivity contribution in [3.63, 3.8) is 0 Å². The van der Waals surface area contributed by atoms with Crippen LogP contribution >= 0.6 is 11.6 Å². The van der Waals surface area contributed by atoms with Crippen molar-refractivity contribution in [2.45, 2.75) is 20.1 Å². The van der Waals surface area contributed by atoms with Crippen LogP contribution in [0.15, 0.2) is 59.0 Å². The quantitative estimate of drug-likeness (QED) is 0.404. The maximum absolute atomic E-state index is 12.2. The highest BCUT2D eigenvalue weighted by Gasteiger charge is 2.14. The third-order valence-corrected chi connectivity index (χ3v) is 4.61. The Bertz CT molecular complexity index is 1090. The molecule has 3 N–H and O–H groups in total. The number of benzene rings is 2. The van der Waals surface area contributed by atoms with Gasteiger partial charge >= 0.3 is 11.9 Å². The number of halogens is 1. The van der Waals surface area contributed by atoms with E-state index in [2.05, 4.69) is 16.2 Å². The van der Waals surface area contributed by atoms with Crippen LogP contribution < -0.4 is 30.4 Å². The highest BCUT2D eigenvalue weighted by molar-refractivity contribution is 6.32. The van der Waals surface area contributed by atoms with Crippen LogP contribution in [0.2, 0.25) is 5.02 Å². The van der Waals surface area contributed by atoms with Crippen molar-refractivity contribution in [2.24, 2.45) is 0 Å². The van der Waals surface area contributed by atoms with Gasteiger partial charge in [0.1, 0.15) is 18.1 Å². The molecule has 0 radical (unpaired) electrons. The van der Waals surface area contributed by atoms with Crippen molar-refractivity contribution in [2.75, 3.05) is 13.7 Å². The van der Waals surface area contributed by atoms with Gasteiger partial charge in [-0.2, -0.15) is 0 Å². The molecule has 0 spiro atoms. The van der Waals surface area contributed by atoms with Crippen molar-refractivity contribution >= 4 is 23.5 Å². The second-order valence-electron chi connectivity index (χ2n) is 6.67. The van der Waals surface area contributed by atoms with Gasteiger partial charge in [-0.3, -0.25) is 10.2 Å². The molecule has 174 valence electrons. The molecule has 3 rings (SSSR count). The van der Waals surface area contributed by atoms with E-state index >= 15 is 0 Å². The molecule has 0 saturated carbocycles. The predicted octanol–water partition coefficient (Wildman–Crippen LogP) is 4.06. The Morgan fingerprint density at radius 2 is 1.82 bits per heavy atom. The maximum atomic E-state index is 12.2. The Labute approximate surface area is 195 Å². The van der Waals surface area contributed by atoms with Gasteiger partial charge in [0, 0.05) is 6.54 Å². The van der Waals surface area contributed by atoms with Gasteiger partial charge in [-0.25, -0.2) is 10.2 Å². The number of hydrazine groups is 1. The van der Waals surface area contributed by atoms with Crippen molar-refractivity contribution in [1.82, 2.24) is 16.2 Å². The minimum Gasteiger partial charge on any atom is -0.493 e. The van der Waals surface area contributed by atoms with E-state index in [4.69, 9.17) is 30.2 Å². The number of nitrogens with one attached hydrogen (secondary N) is 3. The van der Waals surface area contributed by atoms with E-state index in [1.54, 1.807) is 18.2 Å². The van der Waals surface area contributed by atoms with Crippen LogP contribution in [-0.4, -0.2) is 25.7 Å². The van der Waals surface area contributed by atoms with Crippen molar-refractivity contribution in [3.05, 3.63) is 76.7 Å². The standard InChI is InChI=1S/C23H24ClN3O6/c1-3-31-21-18(24)11-15(12-20(21)30-2)13-25-23(29)27-26-22(28)19-10-9-17(33-19)14-32-16-7-5-4-6-8-16/h4-12H,3,13-14H2,1-2H3,(H,26,28)(H2,25,27,29). The number of methoxy groups -OCH3 is 1. The normalized spacial score (nSPS) is 10.3. The summed E-state index contributed by atoms with van der Waals surface area (Å²) in [5.41, 5.74) is 5.23. The lowest BCUT2D eigenvalue weighted by Crippen LogP contribution is -2.46. The van der Waals surface area contributed by atoms with Crippen molar-refractivity contribution < 1.29 is 28.2 Å². The van der Waals surface area contributed by atoms with Crippen LogP contribution in [-0.2, 0) is 13.2 Å². The number of amides is 3. The third-order valence-electron chi connectivity index (χ3n) is 4.33. The first kappa shape index (κ1) is 23.8. The molecule has 0 aliphatic heterocycles. The molecule has 0 atom stereocenters. The summed E-state index contributed by atoms with van der Waals surface area (Å²) < 4.78 is 21.8. The van der Waals surface area contributed by atoms with Gasteiger partial charge in [0.15, 0.2) is 17.3 Å². The molecule has 0 aliphatic carbocycles. The number of rotatable bonds is 9. The van der Waals surface area contributed by atoms with E-state index in [1.165, 1.54) is 13.2 Å². The van der Waals surface area contributed by atoms with E-state index in [-0.39, 0.29) is 18.9 Å². The molecule has 0 bridgehead atoms. The molecule has 3 aromatic rings. The number of hydrogen-bond acceptors (Lipinski definition) is 6. The van der Waals surface area contributed by atoms with Gasteiger partial charge in [0.05, 0.1) is 18.7 Å². The molecule has 2 aromatic carbocycles. The molecule has 9 nitrogen and oxygen atoms in total. The predicted molar refractivity (Wildman–Crippen MR) is 121 cm³/mol. The fourth-order valence-corrected chi connectivity index (χ4v) is 3.10. The second-order valence-corrected chi connectivity index (χ2v) is 7.08. The van der Waals surface area contributed by atoms with E-state index in [0.717, 1.165) is 0 Å². The molecule has 1 heterocycles. The first-order valence-corrected chi connectivity index (χ1v) is 10.5. The summed E-state index contributed by atoms with van der Waals surface area (Å²) >= 11 is 6.23. The van der Waals surface area contributed by atoms with Crippen LogP contribution in [0.5, 0.6) is 17.2 Å². The van der Waals surface area contributed by atoms with E-state index < -0.39 is 11.9 Å². The molecule has 0 fully saturated rings. The minimum atomic E-state index is -0.619. The summed E-state index contributed by atoms with van der Waals surface area (Å²) in [6, 6.07) is 15.1. The van der Waals surface area contributed by atoms with Crippen LogP contribution in [0.4, 0.5) is 4.79 Å². The number of carbonyl (C=O) groups excluding carboxylic acids is 2. The Hall–Kier alpha value is -3.85. The lowest BCUT2D eigenvalue weighted by molar-refractivity contribution is 0.0904. The molecule has 10 heteroatoms. The van der Waals surface area contributed by atoms with E-state index in [9.17, 15) is 9.59 Å². The Morgan fingerprint density at radius 1 is 1.03 bits per heavy atom. The van der Waals surface area contributed by atoms with Gasteiger partial charge in [-0.05, 0) is 48.9 Å². The average Bonchev–Trinajstić information content (AvgIpc) is 3.31. The zero-order valence-corrected chi connectivity index (χ0v) is 18.9. The van der Waals surface area contributed by atoms with Gasteiger partial charge < -0.3 is 23.9 Å². The van der Waals surface area contributed by atoms with Crippen molar-refractivity contribution in [1.29, 1.82) is 0 Å². The molecular weight excluding hydrogens is 450 g/mol. The fraction of sp³-hybridized carbons (Fsp3) is 0.217. The van der Waals surface area contributed by atoms with Gasteiger partial charge in [0.2, 0.25) is 0 Å². The number of para-hydroxylation sites is 1. The number of ether oxygens (including phenoxy) is 3. The molecule has 3 amide bonds. The van der Waals surface area contributed by atoms with E-state index in [0.29, 0.717) is 40.2 Å². The van der Waals surface area contributed by atoms with Crippen LogP contribution in [0.1, 0.15) is 28.8 Å². The summed E-state index contributed by atoms with van der Waals surface area (Å²) in [6.45, 7) is 2.59. The molecule has 33 heavy (non-hydrogen) atoms. The maximum Gasteiger partial charge on any atom is 0.333 e. The van der Waals surface area contributed by atoms with Crippen molar-refractivity contribution in [3.8, 4) is 17.2 Å². The van der Waals surface area contributed by atoms with Crippen LogP contribution in [0.25, 0.3) is 0 Å². The number of furan rings is 1.